The van der Waals surface area contributed by atoms with E-state index in [4.69, 9.17) is 4.74 Å². The molecule has 0 heterocycles. The predicted molar refractivity (Wildman–Crippen MR) is 82.6 cm³/mol. The van der Waals surface area contributed by atoms with Crippen LogP contribution in [-0.4, -0.2) is 41.8 Å². The molecule has 0 radical (unpaired) electrons. The van der Waals surface area contributed by atoms with Gasteiger partial charge >= 0.3 is 6.09 Å². The number of ether oxygens (including phenoxy) is 1. The van der Waals surface area contributed by atoms with Crippen molar-refractivity contribution in [1.82, 2.24) is 4.90 Å². The van der Waals surface area contributed by atoms with Crippen molar-refractivity contribution in [2.45, 2.75) is 51.1 Å². The third kappa shape index (κ3) is 3.23. The van der Waals surface area contributed by atoms with E-state index in [2.05, 4.69) is 5.32 Å². The van der Waals surface area contributed by atoms with Gasteiger partial charge in [0.1, 0.15) is 5.69 Å². The zero-order valence-electron chi connectivity index (χ0n) is 12.9. The van der Waals surface area contributed by atoms with Gasteiger partial charge < -0.3 is 20.1 Å². The maximum Gasteiger partial charge on any atom is 0.407 e. The Balaban J connectivity index is 2.00. The first-order valence-electron chi connectivity index (χ1n) is 7.59. The average molecular weight is 310 g/mol. The van der Waals surface area contributed by atoms with E-state index in [0.29, 0.717) is 0 Å². The molecule has 1 aromatic carbocycles. The van der Waals surface area contributed by atoms with Crippen LogP contribution in [0.15, 0.2) is 9.59 Å². The van der Waals surface area contributed by atoms with Gasteiger partial charge in [-0.05, 0) is 19.8 Å². The van der Waals surface area contributed by atoms with E-state index in [1.54, 1.807) is 6.92 Å². The van der Waals surface area contributed by atoms with Gasteiger partial charge in [-0.3, -0.25) is 9.59 Å². The fraction of sp³-hybridized carbons (Fsp3) is 0.667. The molecule has 7 heteroatoms. The van der Waals surface area contributed by atoms with Gasteiger partial charge in [0.2, 0.25) is 0 Å². The highest BCUT2D eigenvalue weighted by Crippen LogP contribution is 2.24. The number of amides is 1. The Kier molecular flexibility index (Phi) is 5.05. The molecular formula is C15H22N2O5. The van der Waals surface area contributed by atoms with E-state index >= 15 is 0 Å². The summed E-state index contributed by atoms with van der Waals surface area (Å²) in [5, 5.41) is 12.3. The average Bonchev–Trinajstić information content (AvgIpc) is 2.52. The molecule has 1 atom stereocenters. The Labute approximate surface area is 128 Å². The first kappa shape index (κ1) is 16.3. The minimum atomic E-state index is -0.947. The predicted octanol–water partition coefficient (Wildman–Crippen LogP) is 1.40. The van der Waals surface area contributed by atoms with E-state index in [9.17, 15) is 19.5 Å². The van der Waals surface area contributed by atoms with Gasteiger partial charge in [-0.25, -0.2) is 4.79 Å². The molecular weight excluding hydrogens is 288 g/mol. The Morgan fingerprint density at radius 3 is 2.50 bits per heavy atom. The fourth-order valence-electron chi connectivity index (χ4n) is 3.06. The summed E-state index contributed by atoms with van der Waals surface area (Å²) in [7, 11) is 1.33. The summed E-state index contributed by atoms with van der Waals surface area (Å²) in [6, 6.07) is -0.250. The molecule has 7 nitrogen and oxygen atoms in total. The lowest BCUT2D eigenvalue weighted by molar-refractivity contribution is 0.109. The van der Waals surface area contributed by atoms with Gasteiger partial charge in [0.05, 0.1) is 7.11 Å². The molecule has 0 spiro atoms. The Hall–Kier alpha value is -2.05. The number of methoxy groups -OCH3 is 1. The standard InChI is InChI=1S/C15H22N2O5/c1-9(16-11-12(18)13(19)14(11)22-2)8-17(15(20)21)10-6-4-3-5-7-10/h9-10,16H,3-8H2,1-2H3,(H,20,21). The number of carboxylic acid groups (broad SMARTS) is 1. The molecule has 1 amide bonds. The van der Waals surface area contributed by atoms with E-state index in [1.807, 2.05) is 0 Å². The van der Waals surface area contributed by atoms with Crippen molar-refractivity contribution in [2.75, 3.05) is 19.0 Å². The molecule has 0 bridgehead atoms. The highest BCUT2D eigenvalue weighted by atomic mass is 16.5. The van der Waals surface area contributed by atoms with Crippen LogP contribution in [0.25, 0.3) is 0 Å². The summed E-state index contributed by atoms with van der Waals surface area (Å²) in [4.78, 5) is 35.7. The van der Waals surface area contributed by atoms with Crippen LogP contribution in [0.4, 0.5) is 10.5 Å². The van der Waals surface area contributed by atoms with Crippen LogP contribution < -0.4 is 20.9 Å². The molecule has 0 aromatic heterocycles. The molecule has 1 aliphatic rings. The van der Waals surface area contributed by atoms with Crippen LogP contribution >= 0.6 is 0 Å². The first-order valence-corrected chi connectivity index (χ1v) is 7.59. The minimum absolute atomic E-state index is 0.0244. The van der Waals surface area contributed by atoms with Crippen molar-refractivity contribution < 1.29 is 14.6 Å². The zero-order valence-corrected chi connectivity index (χ0v) is 12.9. The summed E-state index contributed by atoms with van der Waals surface area (Å²) in [6.07, 6.45) is 4.05. The van der Waals surface area contributed by atoms with Crippen LogP contribution in [-0.2, 0) is 0 Å². The van der Waals surface area contributed by atoms with E-state index in [0.717, 1.165) is 32.1 Å². The van der Waals surface area contributed by atoms with Crippen molar-refractivity contribution >= 4 is 11.8 Å². The van der Waals surface area contributed by atoms with Crippen molar-refractivity contribution in [2.24, 2.45) is 0 Å². The molecule has 1 unspecified atom stereocenters. The van der Waals surface area contributed by atoms with Crippen molar-refractivity contribution in [3.63, 3.8) is 0 Å². The topological polar surface area (TPSA) is 95.9 Å². The molecule has 122 valence electrons. The summed E-state index contributed by atoms with van der Waals surface area (Å²) in [5.41, 5.74) is -1.10. The normalized spacial score (nSPS) is 17.2. The van der Waals surface area contributed by atoms with Gasteiger partial charge in [0.25, 0.3) is 10.9 Å². The highest BCUT2D eigenvalue weighted by molar-refractivity contribution is 5.66. The second-order valence-electron chi connectivity index (χ2n) is 5.84. The summed E-state index contributed by atoms with van der Waals surface area (Å²) >= 11 is 0. The molecule has 1 aromatic rings. The first-order chi connectivity index (χ1) is 10.5. The minimum Gasteiger partial charge on any atom is -0.491 e. The van der Waals surface area contributed by atoms with Gasteiger partial charge in [-0.2, -0.15) is 0 Å². The van der Waals surface area contributed by atoms with E-state index in [1.165, 1.54) is 12.0 Å². The van der Waals surface area contributed by atoms with Gasteiger partial charge in [-0.15, -0.1) is 0 Å². The lowest BCUT2D eigenvalue weighted by Crippen LogP contribution is -2.47. The molecule has 0 aliphatic heterocycles. The van der Waals surface area contributed by atoms with Crippen LogP contribution in [0.1, 0.15) is 39.0 Å². The molecule has 2 N–H and O–H groups in total. The molecule has 22 heavy (non-hydrogen) atoms. The number of carbonyl (C=O) groups is 1. The molecule has 2 rings (SSSR count). The second kappa shape index (κ2) is 6.81. The third-order valence-electron chi connectivity index (χ3n) is 4.19. The number of hydrogen-bond acceptors (Lipinski definition) is 5. The monoisotopic (exact) mass is 310 g/mol. The summed E-state index contributed by atoms with van der Waals surface area (Å²) in [5.74, 6) is 0.0244. The van der Waals surface area contributed by atoms with Crippen LogP contribution in [0.5, 0.6) is 5.75 Å². The highest BCUT2D eigenvalue weighted by Gasteiger charge is 2.28. The SMILES string of the molecule is COc1c(NC(C)CN(C(=O)O)C2CCCCC2)c(=O)c1=O. The smallest absolute Gasteiger partial charge is 0.407 e. The zero-order chi connectivity index (χ0) is 16.3. The molecule has 1 saturated carbocycles. The maximum absolute atomic E-state index is 11.5. The fourth-order valence-corrected chi connectivity index (χ4v) is 3.06. The molecule has 1 fully saturated rings. The van der Waals surface area contributed by atoms with Crippen molar-refractivity contribution in [3.05, 3.63) is 20.4 Å². The number of hydrogen-bond donors (Lipinski definition) is 2. The molecule has 1 aliphatic carbocycles. The Bertz CT molecular complexity index is 599. The Morgan fingerprint density at radius 2 is 1.95 bits per heavy atom. The molecule has 0 saturated heterocycles. The summed E-state index contributed by atoms with van der Waals surface area (Å²) < 4.78 is 4.87. The number of nitrogens with one attached hydrogen (secondary N) is 1. The van der Waals surface area contributed by atoms with E-state index < -0.39 is 17.0 Å². The van der Waals surface area contributed by atoms with Crippen molar-refractivity contribution in [3.8, 4) is 5.75 Å². The van der Waals surface area contributed by atoms with Gasteiger partial charge in [-0.1, -0.05) is 19.3 Å². The quantitative estimate of drug-likeness (QED) is 0.771. The van der Waals surface area contributed by atoms with Crippen LogP contribution in [0.3, 0.4) is 0 Å². The van der Waals surface area contributed by atoms with Crippen LogP contribution in [0.2, 0.25) is 0 Å². The third-order valence-corrected chi connectivity index (χ3v) is 4.19. The largest absolute Gasteiger partial charge is 0.491 e. The second-order valence-corrected chi connectivity index (χ2v) is 5.84. The number of anilines is 1. The number of rotatable bonds is 6. The van der Waals surface area contributed by atoms with Gasteiger partial charge in [0, 0.05) is 18.6 Å². The Morgan fingerprint density at radius 1 is 1.32 bits per heavy atom. The number of nitrogens with zero attached hydrogens (tertiary/aromatic N) is 1. The lowest BCUT2D eigenvalue weighted by Gasteiger charge is -2.34. The lowest BCUT2D eigenvalue weighted by atomic mass is 9.94. The maximum atomic E-state index is 11.5. The van der Waals surface area contributed by atoms with Crippen molar-refractivity contribution in [1.29, 1.82) is 0 Å². The summed E-state index contributed by atoms with van der Waals surface area (Å²) in [6.45, 7) is 2.05. The van der Waals surface area contributed by atoms with Crippen LogP contribution in [0, 0.1) is 0 Å². The van der Waals surface area contributed by atoms with Gasteiger partial charge in [0.15, 0.2) is 5.75 Å². The van der Waals surface area contributed by atoms with E-state index in [-0.39, 0.29) is 30.1 Å².